The zero-order valence-corrected chi connectivity index (χ0v) is 5.05. The molecule has 0 aromatic heterocycles. The van der Waals surface area contributed by atoms with E-state index in [2.05, 4.69) is 6.58 Å². The predicted octanol–water partition coefficient (Wildman–Crippen LogP) is 1.05. The van der Waals surface area contributed by atoms with Gasteiger partial charge in [-0.15, -0.1) is 0 Å². The van der Waals surface area contributed by atoms with E-state index in [1.54, 1.807) is 6.07 Å². The molecular formula is C7H7NO. The first kappa shape index (κ1) is 6.03. The number of Topliss-reactive ketones (excluding diaryl/α,β-unsaturated/α-hetero) is 1. The lowest BCUT2D eigenvalue weighted by Gasteiger charge is -1.87. The van der Waals surface area contributed by atoms with Gasteiger partial charge < -0.3 is 0 Å². The van der Waals surface area contributed by atoms with Crippen molar-refractivity contribution in [2.24, 2.45) is 5.92 Å². The molecule has 0 heterocycles. The van der Waals surface area contributed by atoms with E-state index in [9.17, 15) is 4.79 Å². The van der Waals surface area contributed by atoms with Crippen LogP contribution in [0.15, 0.2) is 12.2 Å². The Kier molecular flexibility index (Phi) is 1.35. The lowest BCUT2D eigenvalue weighted by atomic mass is 10.1. The lowest BCUT2D eigenvalue weighted by Crippen LogP contribution is -2.00. The number of carbonyl (C=O) groups is 1. The van der Waals surface area contributed by atoms with Gasteiger partial charge in [-0.1, -0.05) is 6.58 Å². The number of carbonyl (C=O) groups excluding carboxylic acids is 1. The van der Waals surface area contributed by atoms with Crippen molar-refractivity contribution in [2.45, 2.75) is 12.8 Å². The first-order valence-electron chi connectivity index (χ1n) is 2.89. The molecule has 2 nitrogen and oxygen atoms in total. The molecular weight excluding hydrogens is 114 g/mol. The van der Waals surface area contributed by atoms with Gasteiger partial charge in [-0.05, 0) is 12.8 Å². The lowest BCUT2D eigenvalue weighted by molar-refractivity contribution is -0.116. The molecule has 0 atom stereocenters. The van der Waals surface area contributed by atoms with E-state index in [0.717, 1.165) is 12.8 Å². The van der Waals surface area contributed by atoms with Crippen LogP contribution in [0.2, 0.25) is 0 Å². The van der Waals surface area contributed by atoms with Gasteiger partial charge in [0.05, 0.1) is 5.57 Å². The third-order valence-corrected chi connectivity index (χ3v) is 1.38. The van der Waals surface area contributed by atoms with Crippen LogP contribution in [-0.4, -0.2) is 5.78 Å². The summed E-state index contributed by atoms with van der Waals surface area (Å²) in [5, 5.41) is 8.21. The van der Waals surface area contributed by atoms with Crippen molar-refractivity contribution in [3.8, 4) is 6.07 Å². The monoisotopic (exact) mass is 121 g/mol. The van der Waals surface area contributed by atoms with Gasteiger partial charge in [0.2, 0.25) is 0 Å². The Bertz CT molecular complexity index is 195. The topological polar surface area (TPSA) is 40.9 Å². The van der Waals surface area contributed by atoms with Crippen molar-refractivity contribution in [3.05, 3.63) is 12.2 Å². The molecule has 1 aliphatic carbocycles. The fraction of sp³-hybridized carbons (Fsp3) is 0.429. The van der Waals surface area contributed by atoms with Crippen molar-refractivity contribution < 1.29 is 4.79 Å². The Morgan fingerprint density at radius 1 is 1.67 bits per heavy atom. The van der Waals surface area contributed by atoms with E-state index in [0.29, 0.717) is 0 Å². The molecule has 0 radical (unpaired) electrons. The third kappa shape index (κ3) is 1.17. The van der Waals surface area contributed by atoms with Crippen LogP contribution in [0.4, 0.5) is 0 Å². The first-order chi connectivity index (χ1) is 4.25. The van der Waals surface area contributed by atoms with Crippen LogP contribution in [0, 0.1) is 17.2 Å². The van der Waals surface area contributed by atoms with E-state index in [4.69, 9.17) is 5.26 Å². The fourth-order valence-corrected chi connectivity index (χ4v) is 0.647. The highest BCUT2D eigenvalue weighted by atomic mass is 16.1. The predicted molar refractivity (Wildman–Crippen MR) is 32.5 cm³/mol. The van der Waals surface area contributed by atoms with Gasteiger partial charge in [0.15, 0.2) is 5.78 Å². The van der Waals surface area contributed by atoms with Gasteiger partial charge in [-0.2, -0.15) is 5.26 Å². The normalized spacial score (nSPS) is 16.3. The summed E-state index contributed by atoms with van der Waals surface area (Å²) in [5.41, 5.74) is 0.109. The number of hydrogen-bond acceptors (Lipinski definition) is 2. The highest BCUT2D eigenvalue weighted by molar-refractivity contribution is 6.01. The van der Waals surface area contributed by atoms with Crippen LogP contribution in [0.25, 0.3) is 0 Å². The molecule has 0 saturated heterocycles. The molecule has 1 fully saturated rings. The second-order valence-electron chi connectivity index (χ2n) is 2.23. The van der Waals surface area contributed by atoms with Crippen LogP contribution < -0.4 is 0 Å². The van der Waals surface area contributed by atoms with Gasteiger partial charge in [0.25, 0.3) is 0 Å². The highest BCUT2D eigenvalue weighted by Gasteiger charge is 2.30. The van der Waals surface area contributed by atoms with Crippen LogP contribution >= 0.6 is 0 Å². The second kappa shape index (κ2) is 2.02. The summed E-state index contributed by atoms with van der Waals surface area (Å²) in [5.74, 6) is 0.0784. The van der Waals surface area contributed by atoms with Crippen molar-refractivity contribution in [2.75, 3.05) is 0 Å². The molecule has 0 unspecified atom stereocenters. The molecule has 0 aliphatic heterocycles. The highest BCUT2D eigenvalue weighted by Crippen LogP contribution is 2.31. The van der Waals surface area contributed by atoms with E-state index in [1.807, 2.05) is 0 Å². The molecule has 1 rings (SSSR count). The summed E-state index contributed by atoms with van der Waals surface area (Å²) in [6.07, 6.45) is 1.89. The minimum atomic E-state index is -0.0579. The van der Waals surface area contributed by atoms with Crippen LogP contribution in [0.5, 0.6) is 0 Å². The van der Waals surface area contributed by atoms with Crippen molar-refractivity contribution in [1.29, 1.82) is 5.26 Å². The number of nitrogens with zero attached hydrogens (tertiary/aromatic N) is 1. The summed E-state index contributed by atoms with van der Waals surface area (Å²) >= 11 is 0. The van der Waals surface area contributed by atoms with Crippen LogP contribution in [0.1, 0.15) is 12.8 Å². The van der Waals surface area contributed by atoms with E-state index in [-0.39, 0.29) is 17.3 Å². The fourth-order valence-electron chi connectivity index (χ4n) is 0.647. The molecule has 9 heavy (non-hydrogen) atoms. The Balaban J connectivity index is 2.53. The SMILES string of the molecule is C=C(C#N)C(=O)C1CC1. The summed E-state index contributed by atoms with van der Waals surface area (Å²) in [7, 11) is 0. The zero-order chi connectivity index (χ0) is 6.85. The Hall–Kier alpha value is -1.10. The molecule has 0 bridgehead atoms. The van der Waals surface area contributed by atoms with Crippen LogP contribution in [0.3, 0.4) is 0 Å². The number of hydrogen-bond donors (Lipinski definition) is 0. The molecule has 0 aromatic rings. The average Bonchev–Trinajstić information content (AvgIpc) is 2.66. The van der Waals surface area contributed by atoms with Crippen molar-refractivity contribution >= 4 is 5.78 Å². The van der Waals surface area contributed by atoms with Gasteiger partial charge >= 0.3 is 0 Å². The largest absolute Gasteiger partial charge is 0.293 e. The van der Waals surface area contributed by atoms with E-state index < -0.39 is 0 Å². The molecule has 0 aromatic carbocycles. The van der Waals surface area contributed by atoms with Gasteiger partial charge in [0.1, 0.15) is 6.07 Å². The van der Waals surface area contributed by atoms with E-state index in [1.165, 1.54) is 0 Å². The molecule has 1 aliphatic rings. The zero-order valence-electron chi connectivity index (χ0n) is 5.05. The summed E-state index contributed by atoms with van der Waals surface area (Å²) in [6, 6.07) is 1.74. The maximum Gasteiger partial charge on any atom is 0.175 e. The van der Waals surface area contributed by atoms with Crippen molar-refractivity contribution in [3.63, 3.8) is 0 Å². The van der Waals surface area contributed by atoms with Crippen molar-refractivity contribution in [1.82, 2.24) is 0 Å². The van der Waals surface area contributed by atoms with E-state index >= 15 is 0 Å². The smallest absolute Gasteiger partial charge is 0.175 e. The minimum absolute atomic E-state index is 0.0579. The summed E-state index contributed by atoms with van der Waals surface area (Å²) in [6.45, 7) is 3.32. The van der Waals surface area contributed by atoms with Gasteiger partial charge in [-0.25, -0.2) is 0 Å². The minimum Gasteiger partial charge on any atom is -0.293 e. The number of rotatable bonds is 2. The molecule has 2 heteroatoms. The quantitative estimate of drug-likeness (QED) is 0.404. The van der Waals surface area contributed by atoms with Crippen LogP contribution in [-0.2, 0) is 4.79 Å². The summed E-state index contributed by atoms with van der Waals surface area (Å²) in [4.78, 5) is 10.8. The molecule has 1 saturated carbocycles. The van der Waals surface area contributed by atoms with Gasteiger partial charge in [-0.3, -0.25) is 4.79 Å². The molecule has 0 spiro atoms. The third-order valence-electron chi connectivity index (χ3n) is 1.38. The average molecular weight is 121 g/mol. The number of allylic oxidation sites excluding steroid dienone is 1. The maximum absolute atomic E-state index is 10.8. The number of ketones is 1. The maximum atomic E-state index is 10.8. The first-order valence-corrected chi connectivity index (χ1v) is 2.89. The number of nitriles is 1. The Morgan fingerprint density at radius 2 is 2.22 bits per heavy atom. The summed E-state index contributed by atoms with van der Waals surface area (Å²) < 4.78 is 0. The van der Waals surface area contributed by atoms with Gasteiger partial charge in [0, 0.05) is 5.92 Å². The standard InChI is InChI=1S/C7H7NO/c1-5(4-8)7(9)6-2-3-6/h6H,1-3H2. The second-order valence-corrected chi connectivity index (χ2v) is 2.23. The Morgan fingerprint density at radius 3 is 2.56 bits per heavy atom. The molecule has 0 N–H and O–H groups in total. The molecule has 46 valence electrons. The Labute approximate surface area is 53.8 Å². The molecule has 0 amide bonds.